The molecule has 4 aromatic rings. The molecule has 0 aliphatic carbocycles. The number of halogens is 2. The minimum atomic E-state index is -0.843. The summed E-state index contributed by atoms with van der Waals surface area (Å²) >= 11 is 3.35. The zero-order valence-corrected chi connectivity index (χ0v) is 18.7. The summed E-state index contributed by atoms with van der Waals surface area (Å²) in [5.74, 6) is -0.768. The van der Waals surface area contributed by atoms with Gasteiger partial charge in [0, 0.05) is 15.4 Å². The van der Waals surface area contributed by atoms with E-state index in [-0.39, 0.29) is 11.5 Å². The smallest absolute Gasteiger partial charge is 0.265 e. The molecule has 3 aromatic carbocycles. The molecule has 1 atom stereocenters. The molecule has 0 aliphatic rings. The van der Waals surface area contributed by atoms with Crippen molar-refractivity contribution in [3.05, 3.63) is 94.4 Å². The van der Waals surface area contributed by atoms with Crippen LogP contribution in [-0.4, -0.2) is 17.8 Å². The number of furan rings is 1. The molecule has 0 saturated carbocycles. The molecule has 0 radical (unpaired) electrons. The predicted molar refractivity (Wildman–Crippen MR) is 124 cm³/mol. The molecule has 0 aliphatic heterocycles. The van der Waals surface area contributed by atoms with Crippen molar-refractivity contribution in [2.75, 3.05) is 5.32 Å². The largest absolute Gasteiger partial charge is 0.481 e. The average Bonchev–Trinajstić information content (AvgIpc) is 3.17. The number of fused-ring (bicyclic) bond motifs is 1. The highest BCUT2D eigenvalue weighted by Gasteiger charge is 2.26. The molecule has 5 nitrogen and oxygen atoms in total. The van der Waals surface area contributed by atoms with E-state index in [9.17, 15) is 14.0 Å². The van der Waals surface area contributed by atoms with Crippen LogP contribution in [0.25, 0.3) is 11.0 Å². The van der Waals surface area contributed by atoms with Gasteiger partial charge < -0.3 is 14.5 Å². The quantitative estimate of drug-likeness (QED) is 0.303. The van der Waals surface area contributed by atoms with E-state index < -0.39 is 17.8 Å². The molecular formula is C25H19BrFNO4. The summed E-state index contributed by atoms with van der Waals surface area (Å²) in [6.07, 6.45) is -0.473. The van der Waals surface area contributed by atoms with E-state index in [0.29, 0.717) is 34.4 Å². The Kier molecular flexibility index (Phi) is 6.37. The zero-order chi connectivity index (χ0) is 22.7. The Morgan fingerprint density at radius 2 is 1.72 bits per heavy atom. The molecule has 32 heavy (non-hydrogen) atoms. The normalized spacial score (nSPS) is 11.8. The number of nitrogens with one attached hydrogen (secondary N) is 1. The molecule has 7 heteroatoms. The summed E-state index contributed by atoms with van der Waals surface area (Å²) in [6.45, 7) is 1.80. The second-order valence-corrected chi connectivity index (χ2v) is 8.01. The first-order chi connectivity index (χ1) is 15.5. The van der Waals surface area contributed by atoms with Crippen LogP contribution in [0.3, 0.4) is 0 Å². The topological polar surface area (TPSA) is 68.5 Å². The summed E-state index contributed by atoms with van der Waals surface area (Å²) in [5, 5.41) is 3.43. The van der Waals surface area contributed by atoms with E-state index in [1.807, 2.05) is 0 Å². The van der Waals surface area contributed by atoms with Crippen LogP contribution in [-0.2, 0) is 4.79 Å². The van der Waals surface area contributed by atoms with E-state index in [4.69, 9.17) is 9.15 Å². The summed E-state index contributed by atoms with van der Waals surface area (Å²) in [4.78, 5) is 26.2. The van der Waals surface area contributed by atoms with Crippen molar-refractivity contribution in [3.8, 4) is 5.75 Å². The number of rotatable bonds is 7. The van der Waals surface area contributed by atoms with Crippen molar-refractivity contribution in [1.82, 2.24) is 0 Å². The van der Waals surface area contributed by atoms with Crippen molar-refractivity contribution < 1.29 is 23.1 Å². The molecule has 1 N–H and O–H groups in total. The van der Waals surface area contributed by atoms with Gasteiger partial charge in [-0.15, -0.1) is 0 Å². The third kappa shape index (κ3) is 4.57. The third-order valence-electron chi connectivity index (χ3n) is 4.91. The SMILES string of the molecule is CCC(Oc1ccc(F)cc1)C(=O)Nc1c(C(=O)c2ccc(Br)cc2)oc2ccccc12. The number of ketones is 1. The fourth-order valence-corrected chi connectivity index (χ4v) is 3.53. The van der Waals surface area contributed by atoms with Crippen LogP contribution in [0, 0.1) is 5.82 Å². The number of para-hydroxylation sites is 1. The molecule has 0 saturated heterocycles. The minimum absolute atomic E-state index is 0.0403. The van der Waals surface area contributed by atoms with Gasteiger partial charge in [-0.1, -0.05) is 35.0 Å². The van der Waals surface area contributed by atoms with Gasteiger partial charge in [0.15, 0.2) is 11.9 Å². The maximum Gasteiger partial charge on any atom is 0.265 e. The fraction of sp³-hybridized carbons (Fsp3) is 0.120. The number of benzene rings is 3. The van der Waals surface area contributed by atoms with Crippen molar-refractivity contribution in [1.29, 1.82) is 0 Å². The molecular weight excluding hydrogens is 477 g/mol. The second kappa shape index (κ2) is 9.36. The third-order valence-corrected chi connectivity index (χ3v) is 5.44. The van der Waals surface area contributed by atoms with Gasteiger partial charge in [-0.05, 0) is 67.1 Å². The standard InChI is InChI=1S/C25H19BrFNO4/c1-2-20(31-18-13-11-17(27)12-14-18)25(30)28-22-19-5-3-4-6-21(19)32-24(22)23(29)15-7-9-16(26)10-8-15/h3-14,20H,2H2,1H3,(H,28,30). The van der Waals surface area contributed by atoms with E-state index >= 15 is 0 Å². The predicted octanol–water partition coefficient (Wildman–Crippen LogP) is 6.36. The number of anilines is 1. The number of carbonyl (C=O) groups is 2. The van der Waals surface area contributed by atoms with Gasteiger partial charge in [0.2, 0.25) is 5.78 Å². The van der Waals surface area contributed by atoms with E-state index in [1.54, 1.807) is 55.5 Å². The van der Waals surface area contributed by atoms with Crippen LogP contribution in [0.15, 0.2) is 81.7 Å². The molecule has 1 amide bonds. The Balaban J connectivity index is 1.65. The number of ether oxygens (including phenoxy) is 1. The lowest BCUT2D eigenvalue weighted by molar-refractivity contribution is -0.122. The van der Waals surface area contributed by atoms with Crippen molar-refractivity contribution >= 4 is 44.3 Å². The highest BCUT2D eigenvalue weighted by Crippen LogP contribution is 2.33. The molecule has 1 heterocycles. The molecule has 1 aromatic heterocycles. The lowest BCUT2D eigenvalue weighted by Gasteiger charge is -2.17. The fourth-order valence-electron chi connectivity index (χ4n) is 3.27. The van der Waals surface area contributed by atoms with Crippen molar-refractivity contribution in [3.63, 3.8) is 0 Å². The van der Waals surface area contributed by atoms with Gasteiger partial charge in [0.25, 0.3) is 5.91 Å². The molecule has 0 bridgehead atoms. The molecule has 162 valence electrons. The van der Waals surface area contributed by atoms with E-state index in [1.165, 1.54) is 24.3 Å². The first kappa shape index (κ1) is 21.8. The molecule has 4 rings (SSSR count). The van der Waals surface area contributed by atoms with E-state index in [0.717, 1.165) is 4.47 Å². The minimum Gasteiger partial charge on any atom is -0.481 e. The first-order valence-electron chi connectivity index (χ1n) is 10.0. The van der Waals surface area contributed by atoms with Gasteiger partial charge in [0.05, 0.1) is 5.69 Å². The Bertz CT molecular complexity index is 1270. The highest BCUT2D eigenvalue weighted by atomic mass is 79.9. The summed E-state index contributed by atoms with van der Waals surface area (Å²) < 4.78 is 25.6. The first-order valence-corrected chi connectivity index (χ1v) is 10.8. The molecule has 0 fully saturated rings. The zero-order valence-electron chi connectivity index (χ0n) is 17.1. The van der Waals surface area contributed by atoms with E-state index in [2.05, 4.69) is 21.2 Å². The van der Waals surface area contributed by atoms with Gasteiger partial charge >= 0.3 is 0 Å². The number of hydrogen-bond acceptors (Lipinski definition) is 4. The Morgan fingerprint density at radius 3 is 2.41 bits per heavy atom. The number of amides is 1. The Morgan fingerprint density at radius 1 is 1.03 bits per heavy atom. The number of hydrogen-bond donors (Lipinski definition) is 1. The maximum atomic E-state index is 13.2. The van der Waals surface area contributed by atoms with Crippen LogP contribution in [0.1, 0.15) is 29.5 Å². The highest BCUT2D eigenvalue weighted by molar-refractivity contribution is 9.10. The van der Waals surface area contributed by atoms with Gasteiger partial charge in [-0.3, -0.25) is 9.59 Å². The average molecular weight is 496 g/mol. The second-order valence-electron chi connectivity index (χ2n) is 7.10. The number of carbonyl (C=O) groups excluding carboxylic acids is 2. The monoisotopic (exact) mass is 495 g/mol. The van der Waals surface area contributed by atoms with Crippen molar-refractivity contribution in [2.45, 2.75) is 19.4 Å². The van der Waals surface area contributed by atoms with Gasteiger partial charge in [-0.2, -0.15) is 0 Å². The Hall–Kier alpha value is -3.45. The molecule has 1 unspecified atom stereocenters. The van der Waals surface area contributed by atoms with Crippen LogP contribution in [0.5, 0.6) is 5.75 Å². The lowest BCUT2D eigenvalue weighted by Crippen LogP contribution is -2.32. The van der Waals surface area contributed by atoms with Crippen LogP contribution in [0.2, 0.25) is 0 Å². The lowest BCUT2D eigenvalue weighted by atomic mass is 10.1. The summed E-state index contributed by atoms with van der Waals surface area (Å²) in [5.41, 5.74) is 1.20. The Labute approximate surface area is 192 Å². The summed E-state index contributed by atoms with van der Waals surface area (Å²) in [6, 6.07) is 19.4. The van der Waals surface area contributed by atoms with Crippen LogP contribution in [0.4, 0.5) is 10.1 Å². The van der Waals surface area contributed by atoms with Gasteiger partial charge in [0.1, 0.15) is 17.1 Å². The summed E-state index contributed by atoms with van der Waals surface area (Å²) in [7, 11) is 0. The van der Waals surface area contributed by atoms with Crippen LogP contribution < -0.4 is 10.1 Å². The molecule has 0 spiro atoms. The maximum absolute atomic E-state index is 13.2. The van der Waals surface area contributed by atoms with Gasteiger partial charge in [-0.25, -0.2) is 4.39 Å². The van der Waals surface area contributed by atoms with Crippen LogP contribution >= 0.6 is 15.9 Å². The van der Waals surface area contributed by atoms with Crippen molar-refractivity contribution in [2.24, 2.45) is 0 Å².